The number of likely N-dealkylation sites (N-methyl/N-ethyl adjacent to an activating group) is 1. The summed E-state index contributed by atoms with van der Waals surface area (Å²) in [6.07, 6.45) is 2.00. The third-order valence-electron chi connectivity index (χ3n) is 3.56. The van der Waals surface area contributed by atoms with Crippen molar-refractivity contribution >= 4 is 12.0 Å². The average Bonchev–Trinajstić information content (AvgIpc) is 2.80. The molecule has 2 aromatic carbocycles. The van der Waals surface area contributed by atoms with Crippen molar-refractivity contribution in [1.82, 2.24) is 0 Å². The van der Waals surface area contributed by atoms with E-state index >= 15 is 0 Å². The lowest BCUT2D eigenvalue weighted by Gasteiger charge is -2.12. The Morgan fingerprint density at radius 3 is 2.78 bits per heavy atom. The second kappa shape index (κ2) is 4.30. The topological polar surface area (TPSA) is 20.3 Å². The fraction of sp³-hybridized carbons (Fsp3) is 0.188. The molecule has 0 saturated heterocycles. The maximum atomic E-state index is 10.8. The first-order valence-electron chi connectivity index (χ1n) is 6.17. The van der Waals surface area contributed by atoms with Crippen molar-refractivity contribution in [2.75, 3.05) is 18.5 Å². The molecule has 1 aliphatic heterocycles. The van der Waals surface area contributed by atoms with Gasteiger partial charge in [0.2, 0.25) is 0 Å². The number of nitrogens with zero attached hydrogens (tertiary/aromatic N) is 1. The highest BCUT2D eigenvalue weighted by molar-refractivity contribution is 5.79. The first-order valence-corrected chi connectivity index (χ1v) is 6.17. The van der Waals surface area contributed by atoms with Crippen LogP contribution in [0.2, 0.25) is 0 Å². The van der Waals surface area contributed by atoms with E-state index in [1.54, 1.807) is 0 Å². The van der Waals surface area contributed by atoms with Crippen LogP contribution in [-0.2, 0) is 6.42 Å². The highest BCUT2D eigenvalue weighted by atomic mass is 16.1. The molecule has 2 nitrogen and oxygen atoms in total. The minimum atomic E-state index is 0.727. The number of aldehydes is 1. The summed E-state index contributed by atoms with van der Waals surface area (Å²) >= 11 is 0. The van der Waals surface area contributed by atoms with Crippen molar-refractivity contribution < 1.29 is 4.79 Å². The molecule has 90 valence electrons. The minimum Gasteiger partial charge on any atom is -0.374 e. The number of hydrogen-bond donors (Lipinski definition) is 0. The molecule has 18 heavy (non-hydrogen) atoms. The minimum absolute atomic E-state index is 0.727. The van der Waals surface area contributed by atoms with Gasteiger partial charge in [-0.1, -0.05) is 24.3 Å². The van der Waals surface area contributed by atoms with Crippen LogP contribution in [0.3, 0.4) is 0 Å². The van der Waals surface area contributed by atoms with E-state index in [1.165, 1.54) is 16.8 Å². The molecule has 3 rings (SSSR count). The molecule has 1 heterocycles. The average molecular weight is 237 g/mol. The molecule has 0 spiro atoms. The van der Waals surface area contributed by atoms with E-state index in [9.17, 15) is 4.79 Å². The van der Waals surface area contributed by atoms with Crippen molar-refractivity contribution in [2.24, 2.45) is 0 Å². The smallest absolute Gasteiger partial charge is 0.150 e. The fourth-order valence-electron chi connectivity index (χ4n) is 2.54. The van der Waals surface area contributed by atoms with Crippen LogP contribution in [0.4, 0.5) is 5.69 Å². The quantitative estimate of drug-likeness (QED) is 0.748. The molecule has 0 aromatic heterocycles. The normalized spacial score (nSPS) is 13.5. The number of hydrogen-bond acceptors (Lipinski definition) is 2. The molecule has 0 atom stereocenters. The lowest BCUT2D eigenvalue weighted by molar-refractivity contribution is 0.112. The number of carbonyl (C=O) groups excluding carboxylic acids is 1. The molecule has 0 fully saturated rings. The second-order valence-corrected chi connectivity index (χ2v) is 4.76. The summed E-state index contributed by atoms with van der Waals surface area (Å²) < 4.78 is 0. The Labute approximate surface area is 107 Å². The van der Waals surface area contributed by atoms with Gasteiger partial charge in [0.1, 0.15) is 6.29 Å². The van der Waals surface area contributed by atoms with Crippen LogP contribution >= 0.6 is 0 Å². The van der Waals surface area contributed by atoms with Crippen molar-refractivity contribution in [1.29, 1.82) is 0 Å². The molecule has 2 aromatic rings. The molecule has 0 N–H and O–H groups in total. The van der Waals surface area contributed by atoms with Gasteiger partial charge >= 0.3 is 0 Å². The van der Waals surface area contributed by atoms with Crippen molar-refractivity contribution in [3.63, 3.8) is 0 Å². The van der Waals surface area contributed by atoms with Crippen molar-refractivity contribution in [3.8, 4) is 11.1 Å². The predicted octanol–water partition coefficient (Wildman–Crippen LogP) is 3.16. The predicted molar refractivity (Wildman–Crippen MR) is 74.2 cm³/mol. The molecule has 0 unspecified atom stereocenters. The summed E-state index contributed by atoms with van der Waals surface area (Å²) in [5.41, 5.74) is 5.74. The second-order valence-electron chi connectivity index (χ2n) is 4.76. The Morgan fingerprint density at radius 1 is 1.11 bits per heavy atom. The maximum Gasteiger partial charge on any atom is 0.150 e. The fourth-order valence-corrected chi connectivity index (χ4v) is 2.54. The first kappa shape index (κ1) is 11.0. The molecular weight excluding hydrogens is 222 g/mol. The summed E-state index contributed by atoms with van der Waals surface area (Å²) in [7, 11) is 2.12. The molecular formula is C16H15NO. The first-order chi connectivity index (χ1) is 8.78. The number of benzene rings is 2. The molecule has 1 aliphatic rings. The molecule has 0 amide bonds. The highest BCUT2D eigenvalue weighted by Crippen LogP contribution is 2.31. The van der Waals surface area contributed by atoms with Crippen LogP contribution in [-0.4, -0.2) is 19.9 Å². The van der Waals surface area contributed by atoms with E-state index in [-0.39, 0.29) is 0 Å². The summed E-state index contributed by atoms with van der Waals surface area (Å²) in [6, 6.07) is 14.3. The zero-order chi connectivity index (χ0) is 12.5. The zero-order valence-corrected chi connectivity index (χ0v) is 10.4. The molecule has 0 aliphatic carbocycles. The highest BCUT2D eigenvalue weighted by Gasteiger charge is 2.15. The van der Waals surface area contributed by atoms with E-state index < -0.39 is 0 Å². The van der Waals surface area contributed by atoms with E-state index in [4.69, 9.17) is 0 Å². The van der Waals surface area contributed by atoms with Crippen LogP contribution in [0.1, 0.15) is 15.9 Å². The van der Waals surface area contributed by atoms with Gasteiger partial charge in [-0.15, -0.1) is 0 Å². The van der Waals surface area contributed by atoms with Crippen molar-refractivity contribution in [2.45, 2.75) is 6.42 Å². The summed E-state index contributed by atoms with van der Waals surface area (Å²) in [4.78, 5) is 13.1. The Hall–Kier alpha value is -2.09. The largest absolute Gasteiger partial charge is 0.374 e. The summed E-state index contributed by atoms with van der Waals surface area (Å²) in [6.45, 7) is 1.09. The SMILES string of the molecule is CN1CCc2cc(-c3cccc(C=O)c3)ccc21. The third kappa shape index (κ3) is 1.80. The van der Waals surface area contributed by atoms with Gasteiger partial charge in [-0.3, -0.25) is 4.79 Å². The van der Waals surface area contributed by atoms with Crippen LogP contribution in [0.25, 0.3) is 11.1 Å². The van der Waals surface area contributed by atoms with Gasteiger partial charge in [-0.25, -0.2) is 0 Å². The number of fused-ring (bicyclic) bond motifs is 1. The lowest BCUT2D eigenvalue weighted by Crippen LogP contribution is -2.12. The molecule has 0 saturated carbocycles. The van der Waals surface area contributed by atoms with Crippen LogP contribution in [0.15, 0.2) is 42.5 Å². The maximum absolute atomic E-state index is 10.8. The standard InChI is InChI=1S/C16H15NO/c1-17-8-7-15-10-14(5-6-16(15)17)13-4-2-3-12(9-13)11-18/h2-6,9-11H,7-8H2,1H3. The van der Waals surface area contributed by atoms with E-state index in [2.05, 4.69) is 30.1 Å². The lowest BCUT2D eigenvalue weighted by atomic mass is 10.0. The van der Waals surface area contributed by atoms with E-state index in [1.807, 2.05) is 24.3 Å². The Morgan fingerprint density at radius 2 is 1.94 bits per heavy atom. The van der Waals surface area contributed by atoms with Crippen LogP contribution < -0.4 is 4.90 Å². The monoisotopic (exact) mass is 237 g/mol. The van der Waals surface area contributed by atoms with Gasteiger partial charge in [0, 0.05) is 24.8 Å². The van der Waals surface area contributed by atoms with Gasteiger partial charge in [0.15, 0.2) is 0 Å². The van der Waals surface area contributed by atoms with Gasteiger partial charge in [-0.05, 0) is 41.3 Å². The zero-order valence-electron chi connectivity index (χ0n) is 10.4. The van der Waals surface area contributed by atoms with Gasteiger partial charge < -0.3 is 4.90 Å². The van der Waals surface area contributed by atoms with Crippen molar-refractivity contribution in [3.05, 3.63) is 53.6 Å². The summed E-state index contributed by atoms with van der Waals surface area (Å²) in [5.74, 6) is 0. The number of rotatable bonds is 2. The van der Waals surface area contributed by atoms with Gasteiger partial charge in [0.05, 0.1) is 0 Å². The van der Waals surface area contributed by atoms with Gasteiger partial charge in [-0.2, -0.15) is 0 Å². The van der Waals surface area contributed by atoms with Crippen LogP contribution in [0, 0.1) is 0 Å². The number of anilines is 1. The Bertz CT molecular complexity index is 604. The Kier molecular flexibility index (Phi) is 2.63. The third-order valence-corrected chi connectivity index (χ3v) is 3.56. The van der Waals surface area contributed by atoms with E-state index in [0.717, 1.165) is 30.4 Å². The number of carbonyl (C=O) groups is 1. The molecule has 0 radical (unpaired) electrons. The van der Waals surface area contributed by atoms with Crippen LogP contribution in [0.5, 0.6) is 0 Å². The Balaban J connectivity index is 2.04. The van der Waals surface area contributed by atoms with Gasteiger partial charge in [0.25, 0.3) is 0 Å². The summed E-state index contributed by atoms with van der Waals surface area (Å²) in [5, 5.41) is 0. The van der Waals surface area contributed by atoms with E-state index in [0.29, 0.717) is 0 Å². The molecule has 0 bridgehead atoms. The molecule has 2 heteroatoms.